The Hall–Kier alpha value is -2.60. The van der Waals surface area contributed by atoms with E-state index in [4.69, 9.17) is 11.6 Å². The van der Waals surface area contributed by atoms with Gasteiger partial charge in [0.2, 0.25) is 5.91 Å². The number of carbonyl (C=O) groups excluding carboxylic acids is 2. The van der Waals surface area contributed by atoms with Crippen molar-refractivity contribution in [1.29, 1.82) is 0 Å². The first kappa shape index (κ1) is 20.1. The van der Waals surface area contributed by atoms with Gasteiger partial charge in [0.05, 0.1) is 10.6 Å². The maximum absolute atomic E-state index is 13.1. The first-order valence-corrected chi connectivity index (χ1v) is 9.90. The molecule has 2 aromatic rings. The zero-order chi connectivity index (χ0) is 20.1. The Morgan fingerprint density at radius 1 is 1.04 bits per heavy atom. The van der Waals surface area contributed by atoms with Gasteiger partial charge in [0, 0.05) is 44.0 Å². The van der Waals surface area contributed by atoms with Crippen molar-refractivity contribution in [3.8, 4) is 0 Å². The van der Waals surface area contributed by atoms with E-state index in [2.05, 4.69) is 15.2 Å². The van der Waals surface area contributed by atoms with Gasteiger partial charge in [0.25, 0.3) is 5.91 Å². The molecule has 1 aliphatic heterocycles. The number of aromatic amines is 1. The van der Waals surface area contributed by atoms with Crippen LogP contribution in [0.2, 0.25) is 5.02 Å². The summed E-state index contributed by atoms with van der Waals surface area (Å²) in [5, 5.41) is 3.26. The Kier molecular flexibility index (Phi) is 6.52. The maximum atomic E-state index is 13.1. The van der Waals surface area contributed by atoms with Gasteiger partial charge < -0.3 is 15.1 Å². The van der Waals surface area contributed by atoms with Crippen LogP contribution in [0.5, 0.6) is 0 Å². The number of rotatable bonds is 5. The second-order valence-electron chi connectivity index (χ2n) is 7.25. The van der Waals surface area contributed by atoms with Gasteiger partial charge in [0.15, 0.2) is 12.4 Å². The largest absolute Gasteiger partial charge is 0.368 e. The van der Waals surface area contributed by atoms with Gasteiger partial charge in [-0.2, -0.15) is 0 Å². The average molecular weight is 402 g/mol. The van der Waals surface area contributed by atoms with Crippen LogP contribution in [0.4, 0.5) is 5.69 Å². The van der Waals surface area contributed by atoms with Crippen LogP contribution in [0.3, 0.4) is 0 Å². The van der Waals surface area contributed by atoms with Crippen molar-refractivity contribution in [2.45, 2.75) is 19.9 Å². The van der Waals surface area contributed by atoms with E-state index in [1.807, 2.05) is 43.3 Å². The Labute approximate surface area is 170 Å². The van der Waals surface area contributed by atoms with Gasteiger partial charge in [-0.3, -0.25) is 9.59 Å². The summed E-state index contributed by atoms with van der Waals surface area (Å²) < 4.78 is 0. The van der Waals surface area contributed by atoms with E-state index in [1.54, 1.807) is 24.3 Å². The van der Waals surface area contributed by atoms with Gasteiger partial charge in [-0.15, -0.1) is 0 Å². The van der Waals surface area contributed by atoms with Crippen molar-refractivity contribution >= 4 is 29.1 Å². The van der Waals surface area contributed by atoms with Gasteiger partial charge >= 0.3 is 0 Å². The van der Waals surface area contributed by atoms with Crippen LogP contribution < -0.4 is 15.2 Å². The number of nitrogens with one attached hydrogen (secondary N) is 2. The third kappa shape index (κ3) is 4.62. The first-order valence-electron chi connectivity index (χ1n) is 9.52. The van der Waals surface area contributed by atoms with Crippen LogP contribution in [0.15, 0.2) is 48.8 Å². The number of benzene rings is 1. The molecule has 6 nitrogen and oxygen atoms in total. The monoisotopic (exact) mass is 401 g/mol. The summed E-state index contributed by atoms with van der Waals surface area (Å²) in [6.45, 7) is 6.65. The third-order valence-electron chi connectivity index (χ3n) is 4.99. The third-order valence-corrected chi connectivity index (χ3v) is 5.32. The van der Waals surface area contributed by atoms with E-state index in [-0.39, 0.29) is 17.7 Å². The van der Waals surface area contributed by atoms with Crippen LogP contribution in [-0.4, -0.2) is 48.9 Å². The Balaban J connectivity index is 1.64. The van der Waals surface area contributed by atoms with Gasteiger partial charge in [-0.1, -0.05) is 37.6 Å². The molecule has 2 heterocycles. The molecule has 0 spiro atoms. The lowest BCUT2D eigenvalue weighted by atomic mass is 10.0. The lowest BCUT2D eigenvalue weighted by Gasteiger charge is -2.38. The van der Waals surface area contributed by atoms with Crippen LogP contribution >= 0.6 is 11.6 Å². The van der Waals surface area contributed by atoms with E-state index in [0.29, 0.717) is 23.7 Å². The van der Waals surface area contributed by atoms with Gasteiger partial charge in [-0.05, 0) is 18.1 Å². The highest BCUT2D eigenvalue weighted by molar-refractivity contribution is 6.33. The number of aromatic nitrogens is 1. The molecule has 2 amide bonds. The van der Waals surface area contributed by atoms with E-state index >= 15 is 0 Å². The number of nitrogens with zero attached hydrogens (tertiary/aromatic N) is 2. The summed E-state index contributed by atoms with van der Waals surface area (Å²) in [7, 11) is 0. The van der Waals surface area contributed by atoms with Crippen molar-refractivity contribution in [1.82, 2.24) is 10.2 Å². The fraction of sp³-hybridized carbons (Fsp3) is 0.381. The number of carbonyl (C=O) groups is 2. The topological polar surface area (TPSA) is 66.8 Å². The highest BCUT2D eigenvalue weighted by Gasteiger charge is 2.31. The fourth-order valence-corrected chi connectivity index (χ4v) is 3.57. The minimum Gasteiger partial charge on any atom is -0.368 e. The molecule has 3 rings (SSSR count). The second kappa shape index (κ2) is 9.06. The lowest BCUT2D eigenvalue weighted by molar-refractivity contribution is -0.377. The molecule has 7 heteroatoms. The Morgan fingerprint density at radius 3 is 2.29 bits per heavy atom. The zero-order valence-electron chi connectivity index (χ0n) is 16.2. The van der Waals surface area contributed by atoms with Crippen LogP contribution in [0.25, 0.3) is 0 Å². The van der Waals surface area contributed by atoms with Crippen LogP contribution in [0.1, 0.15) is 24.2 Å². The van der Waals surface area contributed by atoms with Crippen molar-refractivity contribution in [2.24, 2.45) is 5.92 Å². The molecule has 1 fully saturated rings. The van der Waals surface area contributed by atoms with Crippen LogP contribution in [0, 0.1) is 5.92 Å². The smallest absolute Gasteiger partial charge is 0.253 e. The number of halogens is 1. The average Bonchev–Trinajstić information content (AvgIpc) is 2.72. The second-order valence-corrected chi connectivity index (χ2v) is 7.65. The zero-order valence-corrected chi connectivity index (χ0v) is 16.9. The summed E-state index contributed by atoms with van der Waals surface area (Å²) in [6.07, 6.45) is 3.79. The molecule has 1 aromatic carbocycles. The van der Waals surface area contributed by atoms with Crippen molar-refractivity contribution < 1.29 is 14.6 Å². The molecule has 1 aliphatic rings. The van der Waals surface area contributed by atoms with Crippen molar-refractivity contribution in [2.75, 3.05) is 31.1 Å². The molecule has 0 radical (unpaired) electrons. The van der Waals surface area contributed by atoms with Gasteiger partial charge in [-0.25, -0.2) is 4.98 Å². The first-order chi connectivity index (χ1) is 13.5. The van der Waals surface area contributed by atoms with E-state index in [0.717, 1.165) is 18.8 Å². The number of anilines is 1. The summed E-state index contributed by atoms with van der Waals surface area (Å²) in [5.74, 6) is -0.394. The summed E-state index contributed by atoms with van der Waals surface area (Å²) in [6, 6.07) is 10.3. The molecule has 1 aromatic heterocycles. The SMILES string of the molecule is CC(C)[C@H](NC(=O)c1ccccc1Cl)C(=O)N1CCN(c2cc[nH+]cc2)CC1. The highest BCUT2D eigenvalue weighted by Crippen LogP contribution is 2.18. The molecule has 0 aliphatic carbocycles. The summed E-state index contributed by atoms with van der Waals surface area (Å²) >= 11 is 6.12. The van der Waals surface area contributed by atoms with E-state index in [9.17, 15) is 9.59 Å². The molecule has 1 atom stereocenters. The molecular weight excluding hydrogens is 376 g/mol. The Bertz CT molecular complexity index is 820. The minimum atomic E-state index is -0.582. The van der Waals surface area contributed by atoms with E-state index in [1.165, 1.54) is 0 Å². The molecule has 0 unspecified atom stereocenters. The predicted molar refractivity (Wildman–Crippen MR) is 109 cm³/mol. The molecule has 0 saturated carbocycles. The number of H-pyrrole nitrogens is 1. The molecule has 148 valence electrons. The lowest BCUT2D eigenvalue weighted by Crippen LogP contribution is -2.56. The highest BCUT2D eigenvalue weighted by atomic mass is 35.5. The summed E-state index contributed by atoms with van der Waals surface area (Å²) in [4.78, 5) is 32.8. The standard InChI is InChI=1S/C21H25ClN4O2/c1-15(2)19(24-20(27)17-5-3-4-6-18(17)22)21(28)26-13-11-25(12-14-26)16-7-9-23-10-8-16/h3-10,15,19H,11-14H2,1-2H3,(H,24,27)/p+1/t19-/m0/s1. The number of hydrogen-bond acceptors (Lipinski definition) is 3. The molecular formula is C21H26ClN4O2+. The summed E-state index contributed by atoms with van der Waals surface area (Å²) in [5.41, 5.74) is 1.52. The molecule has 0 bridgehead atoms. The minimum absolute atomic E-state index is 0.0263. The number of piperazine rings is 1. The van der Waals surface area contributed by atoms with Crippen molar-refractivity contribution in [3.05, 3.63) is 59.4 Å². The molecule has 1 saturated heterocycles. The number of amides is 2. The van der Waals surface area contributed by atoms with E-state index < -0.39 is 6.04 Å². The van der Waals surface area contributed by atoms with Crippen molar-refractivity contribution in [3.63, 3.8) is 0 Å². The molecule has 28 heavy (non-hydrogen) atoms. The number of pyridine rings is 1. The number of hydrogen-bond donors (Lipinski definition) is 1. The predicted octanol–water partition coefficient (Wildman–Crippen LogP) is 2.26. The Morgan fingerprint density at radius 2 is 1.68 bits per heavy atom. The quantitative estimate of drug-likeness (QED) is 0.835. The normalized spacial score (nSPS) is 15.4. The van der Waals surface area contributed by atoms with Crippen LogP contribution in [-0.2, 0) is 4.79 Å². The molecule has 2 N–H and O–H groups in total. The fourth-order valence-electron chi connectivity index (χ4n) is 3.35. The van der Waals surface area contributed by atoms with Gasteiger partial charge in [0.1, 0.15) is 6.04 Å². The maximum Gasteiger partial charge on any atom is 0.253 e.